The van der Waals surface area contributed by atoms with E-state index < -0.39 is 0 Å². The molecule has 1 aliphatic carbocycles. The molecular weight excluding hydrogens is 562 g/mol. The number of carbonyl (C=O) groups is 1. The molecule has 4 rings (SSSR count). The van der Waals surface area contributed by atoms with Crippen LogP contribution < -0.4 is 0 Å². The first kappa shape index (κ1) is 24.1. The third-order valence-electron chi connectivity index (χ3n) is 5.27. The molecule has 0 heterocycles. The molecule has 159 valence electrons. The van der Waals surface area contributed by atoms with Crippen molar-refractivity contribution in [3.8, 4) is 17.2 Å². The van der Waals surface area contributed by atoms with E-state index in [1.54, 1.807) is 36.4 Å². The molecule has 1 unspecified atom stereocenters. The first-order valence-electron chi connectivity index (χ1n) is 9.68. The molecule has 0 aliphatic heterocycles. The molecule has 0 fully saturated rings. The van der Waals surface area contributed by atoms with Gasteiger partial charge in [-0.2, -0.15) is 0 Å². The molecule has 1 atom stereocenters. The van der Waals surface area contributed by atoms with Gasteiger partial charge in [0.25, 0.3) is 0 Å². The molecule has 3 N–H and O–H groups in total. The van der Waals surface area contributed by atoms with Gasteiger partial charge in [-0.1, -0.05) is 55.0 Å². The first-order chi connectivity index (χ1) is 14.6. The van der Waals surface area contributed by atoms with Gasteiger partial charge in [0.05, 0.1) is 0 Å². The number of hydrogen-bond acceptors (Lipinski definition) is 4. The van der Waals surface area contributed by atoms with Gasteiger partial charge in [0.2, 0.25) is 0 Å². The van der Waals surface area contributed by atoms with Crippen LogP contribution in [0.4, 0.5) is 0 Å². The minimum absolute atomic E-state index is 0. The summed E-state index contributed by atoms with van der Waals surface area (Å²) in [5, 5.41) is 29.1. The average Bonchev–Trinajstić information content (AvgIpc) is 3.16. The number of benzene rings is 3. The molecular formula is C26H24O4Re. The number of aromatic hydroxyl groups is 3. The van der Waals surface area contributed by atoms with Crippen molar-refractivity contribution in [1.29, 1.82) is 0 Å². The SMILES string of the molecule is C=O.CCC1=C(c2ccc(O)cc2)C(c2ccc(O)cc2)=CC1c1ccc(O)cc1.[Re]. The maximum absolute atomic E-state index is 9.71. The molecule has 0 aromatic heterocycles. The molecule has 5 heteroatoms. The number of hydrogen-bond donors (Lipinski definition) is 3. The quantitative estimate of drug-likeness (QED) is 0.369. The number of phenolic OH excluding ortho intramolecular Hbond substituents is 3. The van der Waals surface area contributed by atoms with Gasteiger partial charge >= 0.3 is 0 Å². The second-order valence-electron chi connectivity index (χ2n) is 7.00. The zero-order chi connectivity index (χ0) is 21.7. The minimum atomic E-state index is 0. The maximum Gasteiger partial charge on any atom is 0.115 e. The molecule has 31 heavy (non-hydrogen) atoms. The minimum Gasteiger partial charge on any atom is -0.508 e. The summed E-state index contributed by atoms with van der Waals surface area (Å²) in [5.41, 5.74) is 6.77. The first-order valence-corrected chi connectivity index (χ1v) is 9.68. The van der Waals surface area contributed by atoms with Crippen molar-refractivity contribution in [3.05, 3.63) is 101 Å². The molecule has 0 saturated carbocycles. The zero-order valence-electron chi connectivity index (χ0n) is 17.1. The van der Waals surface area contributed by atoms with Crippen molar-refractivity contribution in [2.45, 2.75) is 19.3 Å². The smallest absolute Gasteiger partial charge is 0.115 e. The van der Waals surface area contributed by atoms with Crippen LogP contribution in [0, 0.1) is 0 Å². The molecule has 1 aliphatic rings. The second-order valence-corrected chi connectivity index (χ2v) is 7.00. The van der Waals surface area contributed by atoms with E-state index in [9.17, 15) is 15.3 Å². The van der Waals surface area contributed by atoms with E-state index in [0.29, 0.717) is 0 Å². The largest absolute Gasteiger partial charge is 0.508 e. The van der Waals surface area contributed by atoms with E-state index in [0.717, 1.165) is 34.3 Å². The number of carbonyl (C=O) groups excluding carboxylic acids is 1. The molecule has 0 amide bonds. The molecule has 0 saturated heterocycles. The van der Waals surface area contributed by atoms with Crippen LogP contribution in [-0.4, -0.2) is 22.1 Å². The fourth-order valence-corrected chi connectivity index (χ4v) is 3.91. The predicted octanol–water partition coefficient (Wildman–Crippen LogP) is 5.66. The van der Waals surface area contributed by atoms with Gasteiger partial charge < -0.3 is 20.1 Å². The van der Waals surface area contributed by atoms with E-state index in [4.69, 9.17) is 4.79 Å². The molecule has 3 aromatic carbocycles. The monoisotopic (exact) mass is 587 g/mol. The predicted molar refractivity (Wildman–Crippen MR) is 119 cm³/mol. The van der Waals surface area contributed by atoms with Crippen molar-refractivity contribution >= 4 is 17.9 Å². The van der Waals surface area contributed by atoms with Gasteiger partial charge in [-0.3, -0.25) is 0 Å². The van der Waals surface area contributed by atoms with Crippen LogP contribution in [0.1, 0.15) is 36.0 Å². The van der Waals surface area contributed by atoms with Gasteiger partial charge in [-0.25, -0.2) is 0 Å². The van der Waals surface area contributed by atoms with E-state index >= 15 is 0 Å². The Labute approximate surface area is 195 Å². The Morgan fingerprint density at radius 1 is 0.710 bits per heavy atom. The number of phenols is 3. The third-order valence-corrected chi connectivity index (χ3v) is 5.27. The Morgan fingerprint density at radius 2 is 1.13 bits per heavy atom. The Balaban J connectivity index is 0.00000111. The van der Waals surface area contributed by atoms with Gasteiger partial charge in [-0.15, -0.1) is 0 Å². The topological polar surface area (TPSA) is 77.8 Å². The van der Waals surface area contributed by atoms with Gasteiger partial charge in [0.15, 0.2) is 0 Å². The normalized spacial score (nSPS) is 14.9. The van der Waals surface area contributed by atoms with Gasteiger partial charge in [-0.05, 0) is 70.7 Å². The van der Waals surface area contributed by atoms with Crippen LogP contribution in [0.2, 0.25) is 0 Å². The molecule has 3 aromatic rings. The van der Waals surface area contributed by atoms with Crippen molar-refractivity contribution in [2.24, 2.45) is 0 Å². The van der Waals surface area contributed by atoms with Gasteiger partial charge in [0.1, 0.15) is 24.0 Å². The summed E-state index contributed by atoms with van der Waals surface area (Å²) in [4.78, 5) is 8.00. The van der Waals surface area contributed by atoms with Crippen molar-refractivity contribution in [1.82, 2.24) is 0 Å². The summed E-state index contributed by atoms with van der Waals surface area (Å²) >= 11 is 0. The fourth-order valence-electron chi connectivity index (χ4n) is 3.91. The van der Waals surface area contributed by atoms with Crippen LogP contribution >= 0.6 is 0 Å². The van der Waals surface area contributed by atoms with Crippen molar-refractivity contribution < 1.29 is 40.5 Å². The summed E-state index contributed by atoms with van der Waals surface area (Å²) in [6, 6.07) is 21.9. The molecule has 0 bridgehead atoms. The molecule has 0 spiro atoms. The zero-order valence-corrected chi connectivity index (χ0v) is 19.8. The van der Waals surface area contributed by atoms with Crippen LogP contribution in [0.15, 0.2) is 84.4 Å². The third kappa shape index (κ3) is 5.14. The number of allylic oxidation sites excluding steroid dienone is 4. The fraction of sp³-hybridized carbons (Fsp3) is 0.115. The van der Waals surface area contributed by atoms with E-state index in [1.807, 2.05) is 43.2 Å². The summed E-state index contributed by atoms with van der Waals surface area (Å²) in [6.07, 6.45) is 3.12. The molecule has 4 nitrogen and oxygen atoms in total. The Bertz CT molecular complexity index is 1070. The number of rotatable bonds is 4. The van der Waals surface area contributed by atoms with Crippen LogP contribution in [0.3, 0.4) is 0 Å². The average molecular weight is 587 g/mol. The van der Waals surface area contributed by atoms with Crippen molar-refractivity contribution in [3.63, 3.8) is 0 Å². The van der Waals surface area contributed by atoms with Crippen LogP contribution in [0.25, 0.3) is 11.1 Å². The Morgan fingerprint density at radius 3 is 1.58 bits per heavy atom. The summed E-state index contributed by atoms with van der Waals surface area (Å²) in [6.45, 7) is 4.15. The van der Waals surface area contributed by atoms with Crippen LogP contribution in [-0.2, 0) is 25.2 Å². The molecule has 1 radical (unpaired) electrons. The Hall–Kier alpha value is -3.13. The second kappa shape index (κ2) is 10.8. The maximum atomic E-state index is 9.71. The summed E-state index contributed by atoms with van der Waals surface area (Å²) in [7, 11) is 0. The summed E-state index contributed by atoms with van der Waals surface area (Å²) < 4.78 is 0. The van der Waals surface area contributed by atoms with E-state index in [2.05, 4.69) is 13.0 Å². The van der Waals surface area contributed by atoms with E-state index in [-0.39, 0.29) is 43.6 Å². The van der Waals surface area contributed by atoms with E-state index in [1.165, 1.54) is 5.57 Å². The standard InChI is InChI=1S/C25H22O3.CH2O.Re/c1-2-22-23(16-3-9-19(26)10-4-16)15-24(17-5-11-20(27)12-6-17)25(22)18-7-13-21(28)14-8-18;1-2;/h3-15,23,26-28H,2H2,1H3;1H2;. The Kier molecular flexibility index (Phi) is 8.39. The van der Waals surface area contributed by atoms with Crippen LogP contribution in [0.5, 0.6) is 17.2 Å². The van der Waals surface area contributed by atoms with Gasteiger partial charge in [0, 0.05) is 26.3 Å². The van der Waals surface area contributed by atoms with Crippen molar-refractivity contribution in [2.75, 3.05) is 0 Å². The summed E-state index contributed by atoms with van der Waals surface area (Å²) in [5.74, 6) is 0.845.